The van der Waals surface area contributed by atoms with E-state index in [1.807, 2.05) is 53.6 Å². The number of thiophene rings is 1. The van der Waals surface area contributed by atoms with Gasteiger partial charge in [-0.25, -0.2) is 9.97 Å². The Labute approximate surface area is 232 Å². The van der Waals surface area contributed by atoms with Gasteiger partial charge < -0.3 is 9.80 Å². The maximum atomic E-state index is 13.9. The number of pyridine rings is 2. The van der Waals surface area contributed by atoms with E-state index in [0.717, 1.165) is 56.7 Å². The van der Waals surface area contributed by atoms with Crippen LogP contribution in [0.1, 0.15) is 57.8 Å². The largest absolute Gasteiger partial charge is 0.357 e. The van der Waals surface area contributed by atoms with Gasteiger partial charge in [-0.15, -0.1) is 11.3 Å². The lowest BCUT2D eigenvalue weighted by Gasteiger charge is -2.23. The molecule has 0 N–H and O–H groups in total. The summed E-state index contributed by atoms with van der Waals surface area (Å²) in [4.78, 5) is 42.3. The zero-order valence-corrected chi connectivity index (χ0v) is 22.6. The normalized spacial score (nSPS) is 16.5. The molecule has 1 aliphatic carbocycles. The number of hydrogen-bond donors (Lipinski definition) is 0. The molecule has 7 rings (SSSR count). The number of Topliss-reactive ketones (excluding diaryl/α,β-unsaturated/α-hetero) is 1. The molecule has 7 heteroatoms. The van der Waals surface area contributed by atoms with E-state index in [0.29, 0.717) is 31.0 Å². The Hall–Kier alpha value is -3.84. The van der Waals surface area contributed by atoms with Crippen LogP contribution in [0.5, 0.6) is 0 Å². The van der Waals surface area contributed by atoms with E-state index < -0.39 is 0 Å². The second-order valence-corrected chi connectivity index (χ2v) is 11.8. The first-order valence-electron chi connectivity index (χ1n) is 13.9. The molecule has 0 radical (unpaired) electrons. The highest BCUT2D eigenvalue weighted by molar-refractivity contribution is 7.17. The highest BCUT2D eigenvalue weighted by Crippen LogP contribution is 2.43. The second-order valence-electron chi connectivity index (χ2n) is 10.8. The Morgan fingerprint density at radius 2 is 1.79 bits per heavy atom. The van der Waals surface area contributed by atoms with E-state index in [4.69, 9.17) is 4.98 Å². The molecule has 0 bridgehead atoms. The van der Waals surface area contributed by atoms with Crippen LogP contribution < -0.4 is 9.80 Å². The number of carbonyl (C=O) groups excluding carboxylic acids is 2. The lowest BCUT2D eigenvalue weighted by molar-refractivity contribution is 0.0972. The number of fused-ring (bicyclic) bond motifs is 3. The maximum Gasteiger partial charge on any atom is 0.276 e. The molecule has 0 spiro atoms. The number of anilines is 2. The standard InChI is InChI=1S/C32H30N4O2S/c37-28(18-21-10-11-21)29-19-22-14-17-36(27-9-2-1-6-24(27)31(22)39-29)32(38)26-8-5-7-25(34-26)23-12-13-30(33-20-23)35-15-3-4-16-35/h1-2,5-9,12-13,19-21H,3-4,10-11,14-18H2. The summed E-state index contributed by atoms with van der Waals surface area (Å²) in [6, 6.07) is 19.8. The molecule has 5 heterocycles. The van der Waals surface area contributed by atoms with Gasteiger partial charge in [0.2, 0.25) is 0 Å². The number of hydrogen-bond acceptors (Lipinski definition) is 6. The number of amides is 1. The molecule has 39 heavy (non-hydrogen) atoms. The van der Waals surface area contributed by atoms with Gasteiger partial charge in [-0.1, -0.05) is 24.3 Å². The minimum atomic E-state index is -0.119. The number of nitrogens with zero attached hydrogens (tertiary/aromatic N) is 4. The van der Waals surface area contributed by atoms with Crippen molar-refractivity contribution < 1.29 is 9.59 Å². The van der Waals surface area contributed by atoms with Crippen molar-refractivity contribution in [1.29, 1.82) is 0 Å². The second kappa shape index (κ2) is 10.0. The Morgan fingerprint density at radius 3 is 2.59 bits per heavy atom. The molecule has 1 amide bonds. The summed E-state index contributed by atoms with van der Waals surface area (Å²) in [5.41, 5.74) is 5.07. The maximum absolute atomic E-state index is 13.9. The molecule has 6 nitrogen and oxygen atoms in total. The fraction of sp³-hybridized carbons (Fsp3) is 0.312. The summed E-state index contributed by atoms with van der Waals surface area (Å²) >= 11 is 1.58. The number of benzene rings is 1. The van der Waals surface area contributed by atoms with Crippen LogP contribution in [0.25, 0.3) is 21.7 Å². The Balaban J connectivity index is 1.16. The predicted molar refractivity (Wildman–Crippen MR) is 156 cm³/mol. The van der Waals surface area contributed by atoms with Crippen LogP contribution in [0.15, 0.2) is 66.9 Å². The van der Waals surface area contributed by atoms with Crippen LogP contribution in [0, 0.1) is 5.92 Å². The molecular weight excluding hydrogens is 504 g/mol. The summed E-state index contributed by atoms with van der Waals surface area (Å²) in [6.07, 6.45) is 7.98. The molecule has 196 valence electrons. The fourth-order valence-corrected chi connectivity index (χ4v) is 6.85. The van der Waals surface area contributed by atoms with Gasteiger partial charge in [0.25, 0.3) is 5.91 Å². The summed E-state index contributed by atoms with van der Waals surface area (Å²) in [7, 11) is 0. The van der Waals surface area contributed by atoms with E-state index in [2.05, 4.69) is 22.0 Å². The fourth-order valence-electron chi connectivity index (χ4n) is 5.65. The third-order valence-corrected chi connectivity index (χ3v) is 9.24. The Morgan fingerprint density at radius 1 is 0.949 bits per heavy atom. The number of rotatable bonds is 6. The lowest BCUT2D eigenvalue weighted by Crippen LogP contribution is -2.33. The minimum Gasteiger partial charge on any atom is -0.357 e. The van der Waals surface area contributed by atoms with Gasteiger partial charge >= 0.3 is 0 Å². The molecule has 1 saturated carbocycles. The van der Waals surface area contributed by atoms with Gasteiger partial charge in [0, 0.05) is 48.3 Å². The van der Waals surface area contributed by atoms with Crippen LogP contribution >= 0.6 is 11.3 Å². The van der Waals surface area contributed by atoms with Crippen LogP contribution in [0.2, 0.25) is 0 Å². The highest BCUT2D eigenvalue weighted by Gasteiger charge is 2.30. The number of carbonyl (C=O) groups is 2. The Bertz CT molecular complexity index is 1550. The van der Waals surface area contributed by atoms with Crippen LogP contribution in [-0.2, 0) is 6.42 Å². The van der Waals surface area contributed by atoms with Gasteiger partial charge in [0.1, 0.15) is 11.5 Å². The van der Waals surface area contributed by atoms with Crippen molar-refractivity contribution in [2.24, 2.45) is 5.92 Å². The molecule has 2 aliphatic heterocycles. The SMILES string of the molecule is O=C(CC1CC1)c1cc2c(s1)-c1ccccc1N(C(=O)c1cccc(-c3ccc(N4CCCC4)nc3)n1)CC2. The highest BCUT2D eigenvalue weighted by atomic mass is 32.1. The van der Waals surface area contributed by atoms with E-state index >= 15 is 0 Å². The molecule has 0 unspecified atom stereocenters. The van der Waals surface area contributed by atoms with Gasteiger partial charge in [-0.2, -0.15) is 0 Å². The molecule has 0 atom stereocenters. The van der Waals surface area contributed by atoms with E-state index in [-0.39, 0.29) is 11.7 Å². The summed E-state index contributed by atoms with van der Waals surface area (Å²) in [5.74, 6) is 1.70. The molecular formula is C32H30N4O2S. The third-order valence-electron chi connectivity index (χ3n) is 7.99. The van der Waals surface area contributed by atoms with Crippen molar-refractivity contribution in [2.75, 3.05) is 29.4 Å². The van der Waals surface area contributed by atoms with Crippen LogP contribution in [-0.4, -0.2) is 41.3 Å². The van der Waals surface area contributed by atoms with Crippen LogP contribution in [0.3, 0.4) is 0 Å². The van der Waals surface area contributed by atoms with Crippen molar-refractivity contribution in [1.82, 2.24) is 9.97 Å². The van der Waals surface area contributed by atoms with Crippen molar-refractivity contribution in [2.45, 2.75) is 38.5 Å². The molecule has 2 fully saturated rings. The van der Waals surface area contributed by atoms with Crippen molar-refractivity contribution in [3.05, 3.63) is 83.0 Å². The average Bonchev–Trinajstić information content (AvgIpc) is 3.47. The zero-order valence-electron chi connectivity index (χ0n) is 21.8. The van der Waals surface area contributed by atoms with Crippen LogP contribution in [0.4, 0.5) is 11.5 Å². The number of ketones is 1. The van der Waals surface area contributed by atoms with Gasteiger partial charge in [-0.05, 0) is 80.0 Å². The topological polar surface area (TPSA) is 66.4 Å². The smallest absolute Gasteiger partial charge is 0.276 e. The van der Waals surface area contributed by atoms with E-state index in [9.17, 15) is 9.59 Å². The van der Waals surface area contributed by atoms with Gasteiger partial charge in [0.05, 0.1) is 16.3 Å². The van der Waals surface area contributed by atoms with Gasteiger partial charge in [0.15, 0.2) is 5.78 Å². The van der Waals surface area contributed by atoms with E-state index in [1.54, 1.807) is 17.4 Å². The monoisotopic (exact) mass is 534 g/mol. The lowest BCUT2D eigenvalue weighted by atomic mass is 10.1. The van der Waals surface area contributed by atoms with Gasteiger partial charge in [-0.3, -0.25) is 9.59 Å². The predicted octanol–water partition coefficient (Wildman–Crippen LogP) is 6.66. The first-order chi connectivity index (χ1) is 19.1. The quantitative estimate of drug-likeness (QED) is 0.259. The number of aromatic nitrogens is 2. The Kier molecular flexibility index (Phi) is 6.24. The molecule has 3 aliphatic rings. The minimum absolute atomic E-state index is 0.119. The van der Waals surface area contributed by atoms with Crippen molar-refractivity contribution in [3.63, 3.8) is 0 Å². The summed E-state index contributed by atoms with van der Waals surface area (Å²) in [5, 5.41) is 0. The third kappa shape index (κ3) is 4.76. The first-order valence-corrected chi connectivity index (χ1v) is 14.7. The molecule has 4 aromatic rings. The number of para-hydroxylation sites is 1. The zero-order chi connectivity index (χ0) is 26.3. The van der Waals surface area contributed by atoms with Crippen molar-refractivity contribution in [3.8, 4) is 21.7 Å². The van der Waals surface area contributed by atoms with E-state index in [1.165, 1.54) is 25.7 Å². The average molecular weight is 535 g/mol. The molecule has 3 aromatic heterocycles. The summed E-state index contributed by atoms with van der Waals surface area (Å²) < 4.78 is 0. The molecule has 1 saturated heterocycles. The first kappa shape index (κ1) is 24.2. The summed E-state index contributed by atoms with van der Waals surface area (Å²) in [6.45, 7) is 2.64. The van der Waals surface area contributed by atoms with Crippen molar-refractivity contribution >= 4 is 34.5 Å². The molecule has 1 aromatic carbocycles.